The molecule has 0 spiro atoms. The second-order valence-corrected chi connectivity index (χ2v) is 10.2. The maximum Gasteiger partial charge on any atom is 0.261 e. The summed E-state index contributed by atoms with van der Waals surface area (Å²) in [5, 5.41) is 10.3. The van der Waals surface area contributed by atoms with Gasteiger partial charge in [-0.25, -0.2) is 18.2 Å². The molecule has 4 aromatic rings. The number of hydrogen-bond donors (Lipinski definition) is 2. The number of H-pyrrole nitrogens is 2. The van der Waals surface area contributed by atoms with Gasteiger partial charge in [-0.2, -0.15) is 5.10 Å². The van der Waals surface area contributed by atoms with Crippen molar-refractivity contribution >= 4 is 23.2 Å². The summed E-state index contributed by atoms with van der Waals surface area (Å²) in [6.45, 7) is 12.6. The lowest BCUT2D eigenvalue weighted by molar-refractivity contribution is 0.0131. The molecule has 1 aromatic carbocycles. The molecule has 0 saturated carbocycles. The number of nitrogens with zero attached hydrogens (tertiary/aromatic N) is 3. The summed E-state index contributed by atoms with van der Waals surface area (Å²) in [7, 11) is 0. The van der Waals surface area contributed by atoms with Crippen molar-refractivity contribution in [3.63, 3.8) is 0 Å². The molecule has 1 aliphatic rings. The SMILES string of the molecule is C=C/C(=C\C(=C/C)C(=C)/C=c1/c(-c2cc3c(-c4ccc(F)cc4)ccnc3[nH]2)n[nH]/c1=C/C)CN1CCC(F)(F)C1. The maximum absolute atomic E-state index is 13.7. The van der Waals surface area contributed by atoms with Crippen molar-refractivity contribution in [1.29, 1.82) is 0 Å². The van der Waals surface area contributed by atoms with Crippen molar-refractivity contribution < 1.29 is 13.2 Å². The molecule has 5 nitrogen and oxygen atoms in total. The van der Waals surface area contributed by atoms with Crippen molar-refractivity contribution in [2.45, 2.75) is 26.2 Å². The van der Waals surface area contributed by atoms with E-state index in [0.29, 0.717) is 24.4 Å². The highest BCUT2D eigenvalue weighted by Gasteiger charge is 2.37. The van der Waals surface area contributed by atoms with E-state index in [1.807, 2.05) is 50.3 Å². The summed E-state index contributed by atoms with van der Waals surface area (Å²) in [6, 6.07) is 10.3. The Morgan fingerprint density at radius 3 is 2.61 bits per heavy atom. The molecule has 1 aliphatic heterocycles. The van der Waals surface area contributed by atoms with Gasteiger partial charge in [0.2, 0.25) is 0 Å². The van der Waals surface area contributed by atoms with E-state index < -0.39 is 5.92 Å². The summed E-state index contributed by atoms with van der Waals surface area (Å²) in [4.78, 5) is 9.63. The number of hydrogen-bond acceptors (Lipinski definition) is 3. The molecule has 0 aliphatic carbocycles. The molecular weight excluding hydrogens is 523 g/mol. The first-order valence-electron chi connectivity index (χ1n) is 13.5. The Morgan fingerprint density at radius 2 is 1.95 bits per heavy atom. The number of aromatic amines is 2. The number of alkyl halides is 2. The molecule has 1 saturated heterocycles. The lowest BCUT2D eigenvalue weighted by atomic mass is 10.0. The first-order valence-corrected chi connectivity index (χ1v) is 13.5. The third-order valence-corrected chi connectivity index (χ3v) is 7.32. The van der Waals surface area contributed by atoms with Crippen molar-refractivity contribution in [2.24, 2.45) is 0 Å². The number of rotatable bonds is 8. The molecule has 3 aromatic heterocycles. The van der Waals surface area contributed by atoms with Crippen LogP contribution in [0.1, 0.15) is 20.3 Å². The van der Waals surface area contributed by atoms with E-state index in [0.717, 1.165) is 49.5 Å². The Balaban J connectivity index is 1.50. The fraction of sp³-hybridized carbons (Fsp3) is 0.212. The van der Waals surface area contributed by atoms with Gasteiger partial charge in [0.25, 0.3) is 5.92 Å². The fourth-order valence-corrected chi connectivity index (χ4v) is 5.16. The predicted octanol–water partition coefficient (Wildman–Crippen LogP) is 6.30. The van der Waals surface area contributed by atoms with E-state index in [4.69, 9.17) is 0 Å². The Hall–Kier alpha value is -4.43. The van der Waals surface area contributed by atoms with Gasteiger partial charge in [0, 0.05) is 36.3 Å². The predicted molar refractivity (Wildman–Crippen MR) is 160 cm³/mol. The molecule has 41 heavy (non-hydrogen) atoms. The van der Waals surface area contributed by atoms with Gasteiger partial charge in [0.1, 0.15) is 17.2 Å². The van der Waals surface area contributed by atoms with Crippen LogP contribution in [0.5, 0.6) is 0 Å². The highest BCUT2D eigenvalue weighted by atomic mass is 19.3. The Bertz CT molecular complexity index is 1790. The zero-order valence-corrected chi connectivity index (χ0v) is 23.1. The first kappa shape index (κ1) is 28.1. The summed E-state index contributed by atoms with van der Waals surface area (Å²) < 4.78 is 40.9. The lowest BCUT2D eigenvalue weighted by Gasteiger charge is -2.16. The minimum atomic E-state index is -2.64. The van der Waals surface area contributed by atoms with Crippen LogP contribution in [-0.4, -0.2) is 50.6 Å². The van der Waals surface area contributed by atoms with Crippen molar-refractivity contribution in [1.82, 2.24) is 25.1 Å². The lowest BCUT2D eigenvalue weighted by Crippen LogP contribution is -2.26. The number of pyridine rings is 1. The number of fused-ring (bicyclic) bond motifs is 1. The number of aromatic nitrogens is 4. The van der Waals surface area contributed by atoms with Crippen LogP contribution in [0.15, 0.2) is 90.7 Å². The number of likely N-dealkylation sites (tertiary alicyclic amines) is 1. The van der Waals surface area contributed by atoms with E-state index >= 15 is 0 Å². The topological polar surface area (TPSA) is 60.6 Å². The van der Waals surface area contributed by atoms with Crippen molar-refractivity contribution in [3.05, 3.63) is 107 Å². The van der Waals surface area contributed by atoms with Gasteiger partial charge < -0.3 is 4.98 Å². The summed E-state index contributed by atoms with van der Waals surface area (Å²) in [6.07, 6.45) is 11.1. The molecule has 210 valence electrons. The van der Waals surface area contributed by atoms with E-state index in [2.05, 4.69) is 33.3 Å². The van der Waals surface area contributed by atoms with Crippen molar-refractivity contribution in [3.8, 4) is 22.5 Å². The van der Waals surface area contributed by atoms with Gasteiger partial charge >= 0.3 is 0 Å². The second-order valence-electron chi connectivity index (χ2n) is 10.2. The molecule has 0 amide bonds. The molecule has 4 heterocycles. The van der Waals surface area contributed by atoms with Gasteiger partial charge in [-0.1, -0.05) is 49.6 Å². The van der Waals surface area contributed by atoms with E-state index in [1.54, 1.807) is 29.3 Å². The smallest absolute Gasteiger partial charge is 0.261 e. The van der Waals surface area contributed by atoms with Crippen LogP contribution >= 0.6 is 0 Å². The Kier molecular flexibility index (Phi) is 7.94. The van der Waals surface area contributed by atoms with Crippen LogP contribution < -0.4 is 10.6 Å². The van der Waals surface area contributed by atoms with Crippen LogP contribution in [0.4, 0.5) is 13.2 Å². The molecule has 0 atom stereocenters. The number of halogens is 3. The molecule has 2 N–H and O–H groups in total. The van der Waals surface area contributed by atoms with Gasteiger partial charge in [0.15, 0.2) is 0 Å². The number of nitrogens with one attached hydrogen (secondary N) is 2. The largest absolute Gasteiger partial charge is 0.338 e. The molecule has 0 radical (unpaired) electrons. The third-order valence-electron chi connectivity index (χ3n) is 7.32. The Morgan fingerprint density at radius 1 is 1.17 bits per heavy atom. The maximum atomic E-state index is 13.7. The highest BCUT2D eigenvalue weighted by molar-refractivity contribution is 5.96. The Labute approximate surface area is 236 Å². The van der Waals surface area contributed by atoms with Crippen LogP contribution in [-0.2, 0) is 0 Å². The fourth-order valence-electron chi connectivity index (χ4n) is 5.16. The zero-order valence-electron chi connectivity index (χ0n) is 23.1. The van der Waals surface area contributed by atoms with Crippen LogP contribution in [0, 0.1) is 5.82 Å². The number of benzene rings is 1. The minimum Gasteiger partial charge on any atom is -0.338 e. The second kappa shape index (κ2) is 11.6. The normalized spacial score (nSPS) is 17.1. The molecule has 5 rings (SSSR count). The molecule has 8 heteroatoms. The summed E-state index contributed by atoms with van der Waals surface area (Å²) in [5.74, 6) is -2.93. The zero-order chi connectivity index (χ0) is 29.1. The molecule has 0 unspecified atom stereocenters. The quantitative estimate of drug-likeness (QED) is 0.251. The molecule has 0 bridgehead atoms. The summed E-state index contributed by atoms with van der Waals surface area (Å²) in [5.41, 5.74) is 6.41. The van der Waals surface area contributed by atoms with Crippen LogP contribution in [0.25, 0.3) is 45.7 Å². The summed E-state index contributed by atoms with van der Waals surface area (Å²) >= 11 is 0. The van der Waals surface area contributed by atoms with Crippen LogP contribution in [0.3, 0.4) is 0 Å². The van der Waals surface area contributed by atoms with Crippen molar-refractivity contribution in [2.75, 3.05) is 19.6 Å². The monoisotopic (exact) mass is 555 g/mol. The minimum absolute atomic E-state index is 0.122. The molecular formula is C33H32F3N5. The van der Waals surface area contributed by atoms with E-state index in [9.17, 15) is 13.2 Å². The van der Waals surface area contributed by atoms with E-state index in [1.165, 1.54) is 12.1 Å². The van der Waals surface area contributed by atoms with Crippen LogP contribution in [0.2, 0.25) is 0 Å². The van der Waals surface area contributed by atoms with Gasteiger partial charge in [-0.3, -0.25) is 10.00 Å². The molecule has 1 fully saturated rings. The van der Waals surface area contributed by atoms with Gasteiger partial charge in [-0.05, 0) is 72.0 Å². The average Bonchev–Trinajstić information content (AvgIpc) is 3.66. The average molecular weight is 556 g/mol. The number of allylic oxidation sites excluding steroid dienone is 4. The van der Waals surface area contributed by atoms with Gasteiger partial charge in [0.05, 0.1) is 17.6 Å². The highest BCUT2D eigenvalue weighted by Crippen LogP contribution is 2.30. The third kappa shape index (κ3) is 6.02. The van der Waals surface area contributed by atoms with E-state index in [-0.39, 0.29) is 18.8 Å². The van der Waals surface area contributed by atoms with Gasteiger partial charge in [-0.15, -0.1) is 0 Å². The first-order chi connectivity index (χ1) is 19.7. The standard InChI is InChI=1S/C33H32F3N5/c1-5-22(19-41-15-13-33(35,36)20-41)17-23(6-2)21(4)16-28-29(7-3)39-40-31(28)30-18-27-26(12-14-37-32(27)38-30)24-8-10-25(34)11-9-24/h5-12,14,16-18,39H,1,4,13,15,19-20H2,2-3H3,(H,37,38)/b22-17+,23-6+,28-16+,29-7+.